The third kappa shape index (κ3) is 5.10. The van der Waals surface area contributed by atoms with Crippen LogP contribution in [0.1, 0.15) is 31.7 Å². The average molecular weight is 382 g/mol. The fraction of sp³-hybridized carbons (Fsp3) is 0.364. The van der Waals surface area contributed by atoms with Gasteiger partial charge in [0.15, 0.2) is 17.1 Å². The molecule has 0 amide bonds. The number of oxazole rings is 1. The molecule has 28 heavy (non-hydrogen) atoms. The van der Waals surface area contributed by atoms with E-state index < -0.39 is 11.6 Å². The third-order valence-corrected chi connectivity index (χ3v) is 4.51. The van der Waals surface area contributed by atoms with E-state index in [1.807, 2.05) is 48.5 Å². The summed E-state index contributed by atoms with van der Waals surface area (Å²) in [6.45, 7) is 4.73. The van der Waals surface area contributed by atoms with Crippen LogP contribution >= 0.6 is 0 Å². The number of nitrogens with zero attached hydrogens (tertiary/aromatic N) is 1. The highest BCUT2D eigenvalue weighted by Gasteiger charge is 2.30. The molecule has 2 N–H and O–H groups in total. The van der Waals surface area contributed by atoms with Gasteiger partial charge >= 0.3 is 5.97 Å². The summed E-state index contributed by atoms with van der Waals surface area (Å²) in [5, 5.41) is 12.7. The van der Waals surface area contributed by atoms with E-state index in [1.165, 1.54) is 0 Å². The maximum Gasteiger partial charge on any atom is 0.347 e. The first-order chi connectivity index (χ1) is 13.5. The number of nitrogens with one attached hydrogen (secondary N) is 1. The summed E-state index contributed by atoms with van der Waals surface area (Å²) in [4.78, 5) is 15.8. The number of fused-ring (bicyclic) bond motifs is 1. The van der Waals surface area contributed by atoms with Crippen molar-refractivity contribution in [3.05, 3.63) is 60.0 Å². The van der Waals surface area contributed by atoms with Crippen molar-refractivity contribution in [1.29, 1.82) is 0 Å². The van der Waals surface area contributed by atoms with Crippen molar-refractivity contribution in [1.82, 2.24) is 10.3 Å². The van der Waals surface area contributed by atoms with Crippen molar-refractivity contribution >= 4 is 17.1 Å². The Morgan fingerprint density at radius 1 is 1.11 bits per heavy atom. The number of carbonyl (C=O) groups is 1. The molecule has 0 unspecified atom stereocenters. The fourth-order valence-corrected chi connectivity index (χ4v) is 2.87. The molecular formula is C22H26N2O4. The molecule has 0 aliphatic heterocycles. The Labute approximate surface area is 164 Å². The van der Waals surface area contributed by atoms with Crippen LogP contribution in [0, 0.1) is 0 Å². The number of carboxylic acid groups (broad SMARTS) is 1. The lowest BCUT2D eigenvalue weighted by atomic mass is 10.1. The van der Waals surface area contributed by atoms with E-state index in [2.05, 4.69) is 10.3 Å². The highest BCUT2D eigenvalue weighted by molar-refractivity contribution is 5.76. The van der Waals surface area contributed by atoms with Crippen molar-refractivity contribution in [2.24, 2.45) is 0 Å². The molecule has 0 radical (unpaired) electrons. The number of benzene rings is 2. The van der Waals surface area contributed by atoms with E-state index in [1.54, 1.807) is 13.8 Å². The van der Waals surface area contributed by atoms with E-state index in [0.717, 1.165) is 54.9 Å². The van der Waals surface area contributed by atoms with Gasteiger partial charge < -0.3 is 19.6 Å². The summed E-state index contributed by atoms with van der Waals surface area (Å²) in [6.07, 6.45) is 2.47. The van der Waals surface area contributed by atoms with Gasteiger partial charge in [-0.25, -0.2) is 9.78 Å². The predicted molar refractivity (Wildman–Crippen MR) is 108 cm³/mol. The van der Waals surface area contributed by atoms with Gasteiger partial charge in [-0.2, -0.15) is 0 Å². The van der Waals surface area contributed by atoms with Gasteiger partial charge in [0.2, 0.25) is 0 Å². The molecule has 0 atom stereocenters. The number of hydrogen-bond acceptors (Lipinski definition) is 5. The molecule has 1 heterocycles. The lowest BCUT2D eigenvalue weighted by molar-refractivity contribution is -0.152. The number of hydrogen-bond donors (Lipinski definition) is 2. The van der Waals surface area contributed by atoms with Crippen molar-refractivity contribution in [2.45, 2.75) is 38.7 Å². The topological polar surface area (TPSA) is 84.6 Å². The maximum atomic E-state index is 11.3. The standard InChI is InChI=1S/C22H26N2O4/c1-22(2,21(25)26)28-18-10-5-3-8-16(18)13-15-23-14-7-12-20-24-17-9-4-6-11-19(17)27-20/h3-6,8-11,23H,7,12-15H2,1-2H3,(H,25,26). The van der Waals surface area contributed by atoms with Crippen molar-refractivity contribution in [3.63, 3.8) is 0 Å². The van der Waals surface area contributed by atoms with E-state index in [4.69, 9.17) is 9.15 Å². The zero-order valence-electron chi connectivity index (χ0n) is 16.3. The first kappa shape index (κ1) is 19.9. The van der Waals surface area contributed by atoms with Crippen LogP contribution in [-0.4, -0.2) is 34.8 Å². The third-order valence-electron chi connectivity index (χ3n) is 4.51. The van der Waals surface area contributed by atoms with Crippen LogP contribution in [0.25, 0.3) is 11.1 Å². The number of aromatic nitrogens is 1. The van der Waals surface area contributed by atoms with Crippen LogP contribution in [0.3, 0.4) is 0 Å². The Morgan fingerprint density at radius 2 is 1.86 bits per heavy atom. The molecule has 6 heteroatoms. The molecule has 3 rings (SSSR count). The molecule has 3 aromatic rings. The Bertz CT molecular complexity index is 900. The van der Waals surface area contributed by atoms with Gasteiger partial charge in [-0.05, 0) is 63.5 Å². The quantitative estimate of drug-likeness (QED) is 0.518. The SMILES string of the molecule is CC(C)(Oc1ccccc1CCNCCCc1nc2ccccc2o1)C(=O)O. The molecule has 0 fully saturated rings. The van der Waals surface area contributed by atoms with E-state index in [9.17, 15) is 9.90 Å². The van der Waals surface area contributed by atoms with E-state index in [-0.39, 0.29) is 0 Å². The maximum absolute atomic E-state index is 11.3. The zero-order valence-corrected chi connectivity index (χ0v) is 16.3. The summed E-state index contributed by atoms with van der Waals surface area (Å²) >= 11 is 0. The van der Waals surface area contributed by atoms with Crippen molar-refractivity contribution in [3.8, 4) is 5.75 Å². The summed E-state index contributed by atoms with van der Waals surface area (Å²) < 4.78 is 11.4. The number of aliphatic carboxylic acids is 1. The summed E-state index contributed by atoms with van der Waals surface area (Å²) in [6, 6.07) is 15.3. The normalized spacial score (nSPS) is 11.6. The van der Waals surface area contributed by atoms with Crippen molar-refractivity contribution in [2.75, 3.05) is 13.1 Å². The molecule has 2 aromatic carbocycles. The monoisotopic (exact) mass is 382 g/mol. The Hall–Kier alpha value is -2.86. The van der Waals surface area contributed by atoms with Gasteiger partial charge in [-0.1, -0.05) is 30.3 Å². The van der Waals surface area contributed by atoms with Gasteiger partial charge in [0.25, 0.3) is 0 Å². The summed E-state index contributed by atoms with van der Waals surface area (Å²) in [5.41, 5.74) is 1.45. The smallest absolute Gasteiger partial charge is 0.347 e. The molecule has 0 spiro atoms. The number of carboxylic acids is 1. The van der Waals surface area contributed by atoms with E-state index >= 15 is 0 Å². The largest absolute Gasteiger partial charge is 0.478 e. The number of para-hydroxylation sites is 3. The first-order valence-corrected chi connectivity index (χ1v) is 9.51. The summed E-state index contributed by atoms with van der Waals surface area (Å²) in [7, 11) is 0. The van der Waals surface area contributed by atoms with Crippen LogP contribution in [0.2, 0.25) is 0 Å². The number of ether oxygens (including phenoxy) is 1. The number of rotatable bonds is 10. The summed E-state index contributed by atoms with van der Waals surface area (Å²) in [5.74, 6) is 0.389. The molecule has 0 saturated heterocycles. The minimum absolute atomic E-state index is 0.614. The second-order valence-electron chi connectivity index (χ2n) is 7.20. The second-order valence-corrected chi connectivity index (χ2v) is 7.20. The molecule has 0 bridgehead atoms. The Kier molecular flexibility index (Phi) is 6.31. The van der Waals surface area contributed by atoms with Gasteiger partial charge in [0.05, 0.1) is 0 Å². The molecule has 1 aromatic heterocycles. The zero-order chi connectivity index (χ0) is 20.0. The van der Waals surface area contributed by atoms with Crippen molar-refractivity contribution < 1.29 is 19.1 Å². The Morgan fingerprint density at radius 3 is 2.64 bits per heavy atom. The van der Waals surface area contributed by atoms with Crippen LogP contribution in [-0.2, 0) is 17.6 Å². The molecule has 0 saturated carbocycles. The molecule has 148 valence electrons. The lowest BCUT2D eigenvalue weighted by Gasteiger charge is -2.23. The fourth-order valence-electron chi connectivity index (χ4n) is 2.87. The van der Waals surface area contributed by atoms with Gasteiger partial charge in [-0.3, -0.25) is 0 Å². The minimum atomic E-state index is -1.26. The van der Waals surface area contributed by atoms with Gasteiger partial charge in [0, 0.05) is 6.42 Å². The predicted octanol–water partition coefficient (Wildman–Crippen LogP) is 3.83. The van der Waals surface area contributed by atoms with Crippen LogP contribution in [0.4, 0.5) is 0 Å². The minimum Gasteiger partial charge on any atom is -0.478 e. The lowest BCUT2D eigenvalue weighted by Crippen LogP contribution is -2.38. The van der Waals surface area contributed by atoms with Crippen LogP contribution in [0.5, 0.6) is 5.75 Å². The Balaban J connectivity index is 1.43. The first-order valence-electron chi connectivity index (χ1n) is 9.51. The van der Waals surface area contributed by atoms with Gasteiger partial charge in [-0.15, -0.1) is 0 Å². The molecule has 6 nitrogen and oxygen atoms in total. The highest BCUT2D eigenvalue weighted by atomic mass is 16.5. The highest BCUT2D eigenvalue weighted by Crippen LogP contribution is 2.23. The number of aryl methyl sites for hydroxylation is 1. The molecule has 0 aliphatic carbocycles. The van der Waals surface area contributed by atoms with Gasteiger partial charge in [0.1, 0.15) is 11.3 Å². The van der Waals surface area contributed by atoms with Crippen LogP contribution in [0.15, 0.2) is 52.9 Å². The van der Waals surface area contributed by atoms with E-state index in [0.29, 0.717) is 5.75 Å². The molecular weight excluding hydrogens is 356 g/mol. The average Bonchev–Trinajstić information content (AvgIpc) is 3.08. The molecule has 0 aliphatic rings. The second kappa shape index (κ2) is 8.89. The van der Waals surface area contributed by atoms with Crippen LogP contribution < -0.4 is 10.1 Å².